The van der Waals surface area contributed by atoms with Crippen LogP contribution in [-0.2, 0) is 34.5 Å². The van der Waals surface area contributed by atoms with Crippen molar-refractivity contribution in [3.8, 4) is 16.9 Å². The number of Topliss-reactive ketones (excluding diaryl/α,β-unsaturated/α-hetero) is 1. The van der Waals surface area contributed by atoms with Crippen molar-refractivity contribution in [1.82, 2.24) is 29.7 Å². The number of anilines is 1. The van der Waals surface area contributed by atoms with Crippen LogP contribution in [0.4, 0.5) is 10.1 Å². The van der Waals surface area contributed by atoms with Crippen LogP contribution >= 0.6 is 0 Å². The molecule has 2 aliphatic rings. The summed E-state index contributed by atoms with van der Waals surface area (Å²) in [5.74, 6) is -3.70. The molecule has 1 saturated heterocycles. The van der Waals surface area contributed by atoms with Crippen molar-refractivity contribution in [3.63, 3.8) is 0 Å². The Labute approximate surface area is 342 Å². The summed E-state index contributed by atoms with van der Waals surface area (Å²) in [5, 5.41) is 21.6. The number of ether oxygens (including phenoxy) is 1. The number of piperidine rings is 1. The average molecular weight is 820 g/mol. The number of carbonyl (C=O) groups is 7. The number of unbranched alkanes of at least 4 members (excludes halogenated alkanes) is 1. The maximum Gasteiger partial charge on any atom is 0.262 e. The SMILES string of the molecule is CC(=O)c1cc(C(=O)Nc2cc(CO)cc(-c3cnn(C)c3)c2F)c2cc(OCCCCC(=O)NCCCc3cccc4c3C(=O)N(C3CCC(=O)NC3=O)C4=O)ccn12. The summed E-state index contributed by atoms with van der Waals surface area (Å²) in [6.45, 7) is 1.56. The van der Waals surface area contributed by atoms with E-state index >= 15 is 4.39 Å². The lowest BCUT2D eigenvalue weighted by atomic mass is 9.99. The predicted octanol–water partition coefficient (Wildman–Crippen LogP) is 4.13. The van der Waals surface area contributed by atoms with Crippen molar-refractivity contribution in [2.24, 2.45) is 7.05 Å². The van der Waals surface area contributed by atoms with E-state index in [0.717, 1.165) is 4.90 Å². The highest BCUT2D eigenvalue weighted by Gasteiger charge is 2.45. The van der Waals surface area contributed by atoms with E-state index in [-0.39, 0.29) is 71.2 Å². The van der Waals surface area contributed by atoms with E-state index < -0.39 is 48.0 Å². The van der Waals surface area contributed by atoms with E-state index in [1.807, 2.05) is 0 Å². The molecule has 16 nitrogen and oxygen atoms in total. The lowest BCUT2D eigenvalue weighted by Gasteiger charge is -2.27. The van der Waals surface area contributed by atoms with Crippen LogP contribution in [0.1, 0.15) is 98.1 Å². The van der Waals surface area contributed by atoms with Gasteiger partial charge in [0.15, 0.2) is 11.6 Å². The molecule has 17 heteroatoms. The third-order valence-electron chi connectivity index (χ3n) is 10.5. The van der Waals surface area contributed by atoms with Gasteiger partial charge in [-0.3, -0.25) is 48.5 Å². The number of imide groups is 2. The minimum absolute atomic E-state index is 0.0332. The standard InChI is InChI=1S/C43H42FN7O9/c1-24(53)34-20-31(40(56)47-32-18-25(23-52)17-30(39(32)44)27-21-46-49(2)22-27)35-19-28(13-15-50(34)35)60-16-4-3-10-36(54)45-14-6-8-26-7-5-9-29-38(26)43(59)51(42(29)58)33-11-12-37(55)48-41(33)57/h5,7,9,13,15,17-22,33,52H,3-4,6,8,10-12,14,16,23H2,1-2H3,(H,45,54)(H,47,56)(H,48,55,57). The van der Waals surface area contributed by atoms with E-state index in [0.29, 0.717) is 60.2 Å². The highest BCUT2D eigenvalue weighted by atomic mass is 19.1. The molecular weight excluding hydrogens is 778 g/mol. The van der Waals surface area contributed by atoms with Crippen LogP contribution in [0.25, 0.3) is 16.6 Å². The molecule has 2 aliphatic heterocycles. The first-order valence-corrected chi connectivity index (χ1v) is 19.5. The Hall–Kier alpha value is -7.01. The van der Waals surface area contributed by atoms with Gasteiger partial charge in [-0.2, -0.15) is 5.10 Å². The number of amides is 6. The summed E-state index contributed by atoms with van der Waals surface area (Å²) < 4.78 is 24.7. The molecule has 0 spiro atoms. The van der Waals surface area contributed by atoms with E-state index in [1.165, 1.54) is 36.0 Å². The Kier molecular flexibility index (Phi) is 12.0. The lowest BCUT2D eigenvalue weighted by Crippen LogP contribution is -2.54. The number of fused-ring (bicyclic) bond motifs is 2. The summed E-state index contributed by atoms with van der Waals surface area (Å²) in [6.07, 6.45) is 6.97. The second-order valence-electron chi connectivity index (χ2n) is 14.7. The molecule has 7 rings (SSSR count). The molecule has 0 radical (unpaired) electrons. The van der Waals surface area contributed by atoms with Crippen molar-refractivity contribution >= 4 is 52.4 Å². The first-order chi connectivity index (χ1) is 28.8. The number of aliphatic hydroxyl groups is 1. The fourth-order valence-electron chi connectivity index (χ4n) is 7.51. The Morgan fingerprint density at radius 3 is 2.57 bits per heavy atom. The summed E-state index contributed by atoms with van der Waals surface area (Å²) in [7, 11) is 1.69. The quantitative estimate of drug-likeness (QED) is 0.0636. The van der Waals surface area contributed by atoms with E-state index in [9.17, 15) is 38.7 Å². The van der Waals surface area contributed by atoms with Gasteiger partial charge >= 0.3 is 0 Å². The summed E-state index contributed by atoms with van der Waals surface area (Å²) in [5.41, 5.74) is 2.60. The normalized spacial score (nSPS) is 15.0. The molecule has 2 aromatic carbocycles. The van der Waals surface area contributed by atoms with Crippen LogP contribution in [0.15, 0.2) is 67.1 Å². The minimum Gasteiger partial charge on any atom is -0.493 e. The maximum absolute atomic E-state index is 15.7. The highest BCUT2D eigenvalue weighted by molar-refractivity contribution is 6.24. The van der Waals surface area contributed by atoms with Gasteiger partial charge in [-0.25, -0.2) is 4.39 Å². The van der Waals surface area contributed by atoms with Crippen LogP contribution in [0.3, 0.4) is 0 Å². The molecule has 0 bridgehead atoms. The van der Waals surface area contributed by atoms with Gasteiger partial charge < -0.3 is 24.9 Å². The molecule has 5 heterocycles. The first kappa shape index (κ1) is 41.2. The fourth-order valence-corrected chi connectivity index (χ4v) is 7.51. The van der Waals surface area contributed by atoms with Gasteiger partial charge in [0.1, 0.15) is 11.8 Å². The van der Waals surface area contributed by atoms with Gasteiger partial charge in [-0.15, -0.1) is 0 Å². The first-order valence-electron chi connectivity index (χ1n) is 19.5. The largest absolute Gasteiger partial charge is 0.493 e. The number of hydrogen-bond acceptors (Lipinski definition) is 10. The zero-order valence-corrected chi connectivity index (χ0v) is 32.9. The summed E-state index contributed by atoms with van der Waals surface area (Å²) >= 11 is 0. The van der Waals surface area contributed by atoms with Gasteiger partial charge in [0, 0.05) is 62.9 Å². The Morgan fingerprint density at radius 1 is 1.02 bits per heavy atom. The van der Waals surface area contributed by atoms with Crippen LogP contribution in [0, 0.1) is 5.82 Å². The van der Waals surface area contributed by atoms with Crippen molar-refractivity contribution in [1.29, 1.82) is 0 Å². The summed E-state index contributed by atoms with van der Waals surface area (Å²) in [4.78, 5) is 90.1. The molecule has 4 N–H and O–H groups in total. The smallest absolute Gasteiger partial charge is 0.262 e. The number of halogens is 1. The van der Waals surface area contributed by atoms with E-state index in [2.05, 4.69) is 21.0 Å². The third kappa shape index (κ3) is 8.42. The number of aliphatic hydroxyl groups excluding tert-OH is 1. The monoisotopic (exact) mass is 819 g/mol. The number of pyridine rings is 1. The van der Waals surface area contributed by atoms with Crippen molar-refractivity contribution in [2.45, 2.75) is 64.5 Å². The fraction of sp³-hybridized carbons (Fsp3) is 0.302. The molecule has 0 saturated carbocycles. The zero-order valence-electron chi connectivity index (χ0n) is 32.9. The topological polar surface area (TPSA) is 211 Å². The number of aromatic nitrogens is 3. The maximum atomic E-state index is 15.7. The molecule has 5 aromatic rings. The average Bonchev–Trinajstić information content (AvgIpc) is 3.91. The molecule has 6 amide bonds. The molecule has 60 heavy (non-hydrogen) atoms. The van der Waals surface area contributed by atoms with Crippen LogP contribution in [0.5, 0.6) is 5.75 Å². The molecule has 1 fully saturated rings. The number of rotatable bonds is 16. The number of nitrogens with one attached hydrogen (secondary N) is 3. The van der Waals surface area contributed by atoms with Gasteiger partial charge in [-0.1, -0.05) is 12.1 Å². The number of carbonyl (C=O) groups excluding carboxylic acids is 7. The van der Waals surface area contributed by atoms with Crippen LogP contribution in [-0.4, -0.2) is 84.6 Å². The van der Waals surface area contributed by atoms with Crippen molar-refractivity contribution in [2.75, 3.05) is 18.5 Å². The Morgan fingerprint density at radius 2 is 1.83 bits per heavy atom. The number of hydrogen-bond donors (Lipinski definition) is 4. The molecule has 3 aromatic heterocycles. The van der Waals surface area contributed by atoms with E-state index in [1.54, 1.807) is 54.2 Å². The number of nitrogens with zero attached hydrogens (tertiary/aromatic N) is 4. The van der Waals surface area contributed by atoms with Gasteiger partial charge in [0.2, 0.25) is 17.7 Å². The number of benzene rings is 2. The number of aryl methyl sites for hydroxylation is 2. The van der Waals surface area contributed by atoms with Crippen LogP contribution in [0.2, 0.25) is 0 Å². The molecule has 1 atom stereocenters. The summed E-state index contributed by atoms with van der Waals surface area (Å²) in [6, 6.07) is 11.4. The molecule has 0 aliphatic carbocycles. The predicted molar refractivity (Wildman–Crippen MR) is 214 cm³/mol. The Balaban J connectivity index is 0.903. The number of ketones is 1. The third-order valence-corrected chi connectivity index (χ3v) is 10.5. The minimum atomic E-state index is -1.05. The Bertz CT molecular complexity index is 2580. The zero-order chi connectivity index (χ0) is 42.7. The van der Waals surface area contributed by atoms with Gasteiger partial charge in [0.25, 0.3) is 17.7 Å². The highest BCUT2D eigenvalue weighted by Crippen LogP contribution is 2.32. The molecular formula is C43H42FN7O9. The van der Waals surface area contributed by atoms with Crippen molar-refractivity contribution < 1.29 is 47.8 Å². The van der Waals surface area contributed by atoms with Gasteiger partial charge in [-0.05, 0) is 73.6 Å². The second-order valence-corrected chi connectivity index (χ2v) is 14.7. The lowest BCUT2D eigenvalue weighted by molar-refractivity contribution is -0.136. The van der Waals surface area contributed by atoms with Crippen LogP contribution < -0.4 is 20.7 Å². The molecule has 310 valence electrons. The van der Waals surface area contributed by atoms with Gasteiger partial charge in [0.05, 0.1) is 53.0 Å². The van der Waals surface area contributed by atoms with Crippen molar-refractivity contribution in [3.05, 3.63) is 106 Å². The molecule has 1 unspecified atom stereocenters. The second kappa shape index (κ2) is 17.5. The van der Waals surface area contributed by atoms with E-state index in [4.69, 9.17) is 4.74 Å².